The molecule has 72 valence electrons. The van der Waals surface area contributed by atoms with E-state index in [1.807, 2.05) is 0 Å². The molecule has 0 heteroatoms. The summed E-state index contributed by atoms with van der Waals surface area (Å²) in [7, 11) is 0. The van der Waals surface area contributed by atoms with E-state index in [9.17, 15) is 0 Å². The summed E-state index contributed by atoms with van der Waals surface area (Å²) in [5.41, 5.74) is 1.36. The van der Waals surface area contributed by atoms with Crippen molar-refractivity contribution in [2.45, 2.75) is 60.3 Å². The van der Waals surface area contributed by atoms with Crippen LogP contribution in [-0.2, 0) is 0 Å². The molecule has 0 aliphatic heterocycles. The molecule has 0 aromatic heterocycles. The molecule has 2 unspecified atom stereocenters. The molecule has 2 atom stereocenters. The lowest BCUT2D eigenvalue weighted by atomic mass is 9.85. The Morgan fingerprint density at radius 1 is 1.17 bits per heavy atom. The minimum atomic E-state index is 0.678. The maximum atomic E-state index is 2.47. The third-order valence-electron chi connectivity index (χ3n) is 3.77. The zero-order chi connectivity index (χ0) is 9.41. The van der Waals surface area contributed by atoms with Crippen molar-refractivity contribution in [2.75, 3.05) is 0 Å². The monoisotopic (exact) mass is 168 g/mol. The fraction of sp³-hybridized carbons (Fsp3) is 1.00. The molecule has 0 N–H and O–H groups in total. The van der Waals surface area contributed by atoms with Crippen LogP contribution in [0.2, 0.25) is 0 Å². The third kappa shape index (κ3) is 1.67. The molecule has 0 saturated heterocycles. The first-order valence-corrected chi connectivity index (χ1v) is 5.43. The molecule has 12 heavy (non-hydrogen) atoms. The highest BCUT2D eigenvalue weighted by atomic mass is 14.6. The Balaban J connectivity index is 2.45. The molecule has 1 aliphatic carbocycles. The molecule has 1 aliphatic rings. The van der Waals surface area contributed by atoms with Crippen LogP contribution in [0.25, 0.3) is 0 Å². The van der Waals surface area contributed by atoms with Crippen molar-refractivity contribution in [3.63, 3.8) is 0 Å². The summed E-state index contributed by atoms with van der Waals surface area (Å²) in [5, 5.41) is 0. The van der Waals surface area contributed by atoms with Crippen LogP contribution in [0.3, 0.4) is 0 Å². The van der Waals surface area contributed by atoms with E-state index in [1.165, 1.54) is 25.7 Å². The molecule has 0 radical (unpaired) electrons. The Morgan fingerprint density at radius 3 is 2.17 bits per heavy atom. The molecule has 0 heterocycles. The first-order valence-electron chi connectivity index (χ1n) is 5.43. The predicted molar refractivity (Wildman–Crippen MR) is 55.2 cm³/mol. The smallest absolute Gasteiger partial charge is 0.0264 e. The maximum Gasteiger partial charge on any atom is -0.0264 e. The highest BCUT2D eigenvalue weighted by Crippen LogP contribution is 2.68. The molecule has 0 spiro atoms. The first-order chi connectivity index (χ1) is 5.43. The van der Waals surface area contributed by atoms with Crippen molar-refractivity contribution in [1.29, 1.82) is 0 Å². The van der Waals surface area contributed by atoms with Gasteiger partial charge in [0.1, 0.15) is 0 Å². The zero-order valence-corrected chi connectivity index (χ0v) is 9.41. The van der Waals surface area contributed by atoms with E-state index in [4.69, 9.17) is 0 Å². The van der Waals surface area contributed by atoms with Crippen LogP contribution < -0.4 is 0 Å². The van der Waals surface area contributed by atoms with Gasteiger partial charge in [-0.3, -0.25) is 0 Å². The molecule has 0 amide bonds. The van der Waals surface area contributed by atoms with E-state index in [0.29, 0.717) is 10.8 Å². The topological polar surface area (TPSA) is 0 Å². The summed E-state index contributed by atoms with van der Waals surface area (Å²) in [5.74, 6) is 0.869. The fourth-order valence-corrected chi connectivity index (χ4v) is 2.98. The van der Waals surface area contributed by atoms with E-state index >= 15 is 0 Å². The van der Waals surface area contributed by atoms with Gasteiger partial charge >= 0.3 is 0 Å². The highest BCUT2D eigenvalue weighted by molar-refractivity contribution is 5.08. The molecule has 1 saturated carbocycles. The van der Waals surface area contributed by atoms with Gasteiger partial charge in [-0.15, -0.1) is 0 Å². The molecule has 1 rings (SSSR count). The SMILES string of the molecule is CCCC1(C)CC1(C)CC(C)C. The standard InChI is InChI=1S/C12H24/c1-6-7-11(4)9-12(11,5)8-10(2)3/h10H,6-9H2,1-5H3. The van der Waals surface area contributed by atoms with Crippen molar-refractivity contribution >= 4 is 0 Å². The van der Waals surface area contributed by atoms with E-state index in [0.717, 1.165) is 5.92 Å². The summed E-state index contributed by atoms with van der Waals surface area (Å²) >= 11 is 0. The lowest BCUT2D eigenvalue weighted by Crippen LogP contribution is -2.10. The first kappa shape index (κ1) is 10.1. The van der Waals surface area contributed by atoms with Gasteiger partial charge < -0.3 is 0 Å². The van der Waals surface area contributed by atoms with E-state index in [-0.39, 0.29) is 0 Å². The normalized spacial score (nSPS) is 40.5. The van der Waals surface area contributed by atoms with Gasteiger partial charge in [0.2, 0.25) is 0 Å². The molecule has 1 fully saturated rings. The van der Waals surface area contributed by atoms with Crippen molar-refractivity contribution in [1.82, 2.24) is 0 Å². The van der Waals surface area contributed by atoms with Gasteiger partial charge in [0.05, 0.1) is 0 Å². The van der Waals surface area contributed by atoms with Gasteiger partial charge in [0.15, 0.2) is 0 Å². The summed E-state index contributed by atoms with van der Waals surface area (Å²) in [4.78, 5) is 0. The average molecular weight is 168 g/mol. The predicted octanol–water partition coefficient (Wildman–Crippen LogP) is 4.25. The quantitative estimate of drug-likeness (QED) is 0.588. The number of rotatable bonds is 4. The van der Waals surface area contributed by atoms with Crippen LogP contribution in [0.1, 0.15) is 60.3 Å². The lowest BCUT2D eigenvalue weighted by molar-refractivity contribution is 0.306. The van der Waals surface area contributed by atoms with Gasteiger partial charge in [0.25, 0.3) is 0 Å². The zero-order valence-electron chi connectivity index (χ0n) is 9.41. The Morgan fingerprint density at radius 2 is 1.75 bits per heavy atom. The van der Waals surface area contributed by atoms with Crippen LogP contribution in [0.15, 0.2) is 0 Å². The van der Waals surface area contributed by atoms with Gasteiger partial charge in [-0.2, -0.15) is 0 Å². The minimum absolute atomic E-state index is 0.678. The Hall–Kier alpha value is 0. The molecule has 0 aromatic carbocycles. The molecular formula is C12H24. The number of hydrogen-bond acceptors (Lipinski definition) is 0. The van der Waals surface area contributed by atoms with E-state index in [2.05, 4.69) is 34.6 Å². The van der Waals surface area contributed by atoms with Crippen molar-refractivity contribution in [2.24, 2.45) is 16.7 Å². The second kappa shape index (κ2) is 3.05. The van der Waals surface area contributed by atoms with E-state index in [1.54, 1.807) is 0 Å². The Kier molecular flexibility index (Phi) is 2.56. The second-order valence-electron chi connectivity index (χ2n) is 5.65. The third-order valence-corrected chi connectivity index (χ3v) is 3.77. The average Bonchev–Trinajstić information content (AvgIpc) is 2.31. The summed E-state index contributed by atoms with van der Waals surface area (Å²) < 4.78 is 0. The molecule has 0 nitrogen and oxygen atoms in total. The van der Waals surface area contributed by atoms with E-state index < -0.39 is 0 Å². The minimum Gasteiger partial charge on any atom is -0.0654 e. The van der Waals surface area contributed by atoms with Crippen LogP contribution in [-0.4, -0.2) is 0 Å². The summed E-state index contributed by atoms with van der Waals surface area (Å²) in [6.07, 6.45) is 5.66. The molecule has 0 bridgehead atoms. The van der Waals surface area contributed by atoms with Gasteiger partial charge in [0, 0.05) is 0 Å². The number of hydrogen-bond donors (Lipinski definition) is 0. The largest absolute Gasteiger partial charge is 0.0654 e. The van der Waals surface area contributed by atoms with Crippen molar-refractivity contribution in [3.8, 4) is 0 Å². The van der Waals surface area contributed by atoms with Crippen molar-refractivity contribution < 1.29 is 0 Å². The Bertz CT molecular complexity index is 159. The highest BCUT2D eigenvalue weighted by Gasteiger charge is 2.59. The van der Waals surface area contributed by atoms with Gasteiger partial charge in [-0.05, 0) is 36.0 Å². The van der Waals surface area contributed by atoms with Crippen molar-refractivity contribution in [3.05, 3.63) is 0 Å². The van der Waals surface area contributed by atoms with Crippen LogP contribution in [0.4, 0.5) is 0 Å². The van der Waals surface area contributed by atoms with Gasteiger partial charge in [-0.25, -0.2) is 0 Å². The van der Waals surface area contributed by atoms with Crippen LogP contribution in [0, 0.1) is 16.7 Å². The summed E-state index contributed by atoms with van der Waals surface area (Å²) in [6, 6.07) is 0. The molecular weight excluding hydrogens is 144 g/mol. The van der Waals surface area contributed by atoms with Gasteiger partial charge in [-0.1, -0.05) is 41.0 Å². The second-order valence-corrected chi connectivity index (χ2v) is 5.65. The molecule has 0 aromatic rings. The lowest BCUT2D eigenvalue weighted by Gasteiger charge is -2.20. The Labute approximate surface area is 77.7 Å². The fourth-order valence-electron chi connectivity index (χ4n) is 2.98. The van der Waals surface area contributed by atoms with Crippen LogP contribution in [0.5, 0.6) is 0 Å². The summed E-state index contributed by atoms with van der Waals surface area (Å²) in [6.45, 7) is 11.9. The maximum absolute atomic E-state index is 2.47. The van der Waals surface area contributed by atoms with Crippen LogP contribution >= 0.6 is 0 Å².